The molecule has 4 N–H and O–H groups in total. The molecule has 0 amide bonds. The van der Waals surface area contributed by atoms with E-state index in [2.05, 4.69) is 34.0 Å². The number of aromatic nitrogens is 2. The molecule has 102 valence electrons. The molecule has 1 aliphatic carbocycles. The highest BCUT2D eigenvalue weighted by Crippen LogP contribution is 2.31. The highest BCUT2D eigenvalue weighted by molar-refractivity contribution is 7.99. The molecule has 0 aliphatic heterocycles. The van der Waals surface area contributed by atoms with Crippen LogP contribution in [0.25, 0.3) is 11.0 Å². The largest absolute Gasteiger partial charge is 0.399 e. The zero-order valence-electron chi connectivity index (χ0n) is 11.1. The Morgan fingerprint density at radius 2 is 2.37 bits per heavy atom. The van der Waals surface area contributed by atoms with Gasteiger partial charge in [-0.05, 0) is 43.2 Å². The van der Waals surface area contributed by atoms with Crippen molar-refractivity contribution >= 4 is 34.4 Å². The lowest BCUT2D eigenvalue weighted by atomic mass is 10.2. The zero-order valence-corrected chi connectivity index (χ0v) is 12.0. The number of fused-ring (bicyclic) bond motifs is 1. The maximum Gasteiger partial charge on any atom is 0.201 e. The van der Waals surface area contributed by atoms with E-state index in [1.807, 2.05) is 18.2 Å². The summed E-state index contributed by atoms with van der Waals surface area (Å²) in [6.07, 6.45) is 3.78. The lowest BCUT2D eigenvalue weighted by Gasteiger charge is -2.11. The van der Waals surface area contributed by atoms with Crippen molar-refractivity contribution in [3.05, 3.63) is 18.2 Å². The number of hydrogen-bond donors (Lipinski definition) is 3. The average molecular weight is 276 g/mol. The van der Waals surface area contributed by atoms with Gasteiger partial charge in [-0.25, -0.2) is 4.98 Å². The minimum absolute atomic E-state index is 0.543. The first-order valence-electron chi connectivity index (χ1n) is 6.88. The Morgan fingerprint density at radius 3 is 3.21 bits per heavy atom. The first kappa shape index (κ1) is 12.7. The first-order valence-corrected chi connectivity index (χ1v) is 7.93. The molecule has 0 saturated heterocycles. The van der Waals surface area contributed by atoms with Gasteiger partial charge in [0.15, 0.2) is 0 Å². The van der Waals surface area contributed by atoms with E-state index in [0.717, 1.165) is 27.9 Å². The number of benzene rings is 1. The maximum absolute atomic E-state index is 5.78. The Bertz CT molecular complexity index is 566. The smallest absolute Gasteiger partial charge is 0.201 e. The van der Waals surface area contributed by atoms with Gasteiger partial charge in [0.05, 0.1) is 11.0 Å². The van der Waals surface area contributed by atoms with Crippen LogP contribution in [0.15, 0.2) is 18.2 Å². The molecular formula is C14H20N4S. The van der Waals surface area contributed by atoms with Gasteiger partial charge in [0, 0.05) is 17.0 Å². The molecule has 2 unspecified atom stereocenters. The number of imidazole rings is 1. The molecule has 19 heavy (non-hydrogen) atoms. The van der Waals surface area contributed by atoms with Crippen molar-refractivity contribution in [3.63, 3.8) is 0 Å². The minimum atomic E-state index is 0.543. The van der Waals surface area contributed by atoms with E-state index in [4.69, 9.17) is 5.73 Å². The van der Waals surface area contributed by atoms with Crippen molar-refractivity contribution in [2.45, 2.75) is 37.5 Å². The molecule has 1 saturated carbocycles. The van der Waals surface area contributed by atoms with Crippen molar-refractivity contribution < 1.29 is 0 Å². The van der Waals surface area contributed by atoms with Crippen molar-refractivity contribution in [2.75, 3.05) is 16.8 Å². The number of H-pyrrole nitrogens is 1. The van der Waals surface area contributed by atoms with E-state index < -0.39 is 0 Å². The number of nitrogen functional groups attached to an aromatic ring is 1. The predicted molar refractivity (Wildman–Crippen MR) is 83.7 cm³/mol. The molecule has 5 heteroatoms. The quantitative estimate of drug-likeness (QED) is 0.750. The fraction of sp³-hybridized carbons (Fsp3) is 0.500. The van der Waals surface area contributed by atoms with Gasteiger partial charge < -0.3 is 16.0 Å². The predicted octanol–water partition coefficient (Wildman–Crippen LogP) is 3.23. The monoisotopic (exact) mass is 276 g/mol. The third kappa shape index (κ3) is 2.81. The van der Waals surface area contributed by atoms with Gasteiger partial charge in [-0.1, -0.05) is 6.92 Å². The summed E-state index contributed by atoms with van der Waals surface area (Å²) in [5.74, 6) is 2.08. The molecule has 2 aromatic rings. The van der Waals surface area contributed by atoms with Gasteiger partial charge in [0.25, 0.3) is 0 Å². The third-order valence-corrected chi connectivity index (χ3v) is 4.87. The Labute approximate surface area is 117 Å². The van der Waals surface area contributed by atoms with Crippen molar-refractivity contribution in [1.29, 1.82) is 0 Å². The van der Waals surface area contributed by atoms with Crippen LogP contribution in [0.2, 0.25) is 0 Å². The SMILES string of the molecule is CCSC1CCC(Nc2nc3ccc(N)cc3[nH]2)C1. The number of thioether (sulfide) groups is 1. The second-order valence-corrected chi connectivity index (χ2v) is 6.67. The van der Waals surface area contributed by atoms with E-state index in [-0.39, 0.29) is 0 Å². The summed E-state index contributed by atoms with van der Waals surface area (Å²) in [4.78, 5) is 7.86. The van der Waals surface area contributed by atoms with Crippen LogP contribution >= 0.6 is 11.8 Å². The normalized spacial score (nSPS) is 23.0. The highest BCUT2D eigenvalue weighted by atomic mass is 32.2. The fourth-order valence-electron chi connectivity index (χ4n) is 2.75. The number of anilines is 2. The average Bonchev–Trinajstić information content (AvgIpc) is 2.96. The fourth-order valence-corrected chi connectivity index (χ4v) is 3.89. The van der Waals surface area contributed by atoms with Crippen LogP contribution < -0.4 is 11.1 Å². The van der Waals surface area contributed by atoms with Crippen molar-refractivity contribution in [2.24, 2.45) is 0 Å². The molecule has 3 rings (SSSR count). The lowest BCUT2D eigenvalue weighted by Crippen LogP contribution is -2.16. The van der Waals surface area contributed by atoms with Crippen molar-refractivity contribution in [1.82, 2.24) is 9.97 Å². The van der Waals surface area contributed by atoms with E-state index in [9.17, 15) is 0 Å². The van der Waals surface area contributed by atoms with Crippen LogP contribution in [-0.2, 0) is 0 Å². The molecule has 0 radical (unpaired) electrons. The second-order valence-electron chi connectivity index (χ2n) is 5.09. The van der Waals surface area contributed by atoms with Gasteiger partial charge in [0.1, 0.15) is 0 Å². The number of nitrogens with zero attached hydrogens (tertiary/aromatic N) is 1. The summed E-state index contributed by atoms with van der Waals surface area (Å²) < 4.78 is 0. The Kier molecular flexibility index (Phi) is 3.55. The molecule has 4 nitrogen and oxygen atoms in total. The van der Waals surface area contributed by atoms with Crippen LogP contribution in [0.1, 0.15) is 26.2 Å². The summed E-state index contributed by atoms with van der Waals surface area (Å²) in [6, 6.07) is 6.31. The number of aromatic amines is 1. The minimum Gasteiger partial charge on any atom is -0.399 e. The molecular weight excluding hydrogens is 256 g/mol. The third-order valence-electron chi connectivity index (χ3n) is 3.63. The van der Waals surface area contributed by atoms with Crippen LogP contribution in [0.5, 0.6) is 0 Å². The molecule has 1 aromatic carbocycles. The van der Waals surface area contributed by atoms with E-state index >= 15 is 0 Å². The van der Waals surface area contributed by atoms with Crippen LogP contribution in [-0.4, -0.2) is 27.0 Å². The Balaban J connectivity index is 1.68. The molecule has 0 bridgehead atoms. The Hall–Kier alpha value is -1.36. The molecule has 1 aliphatic rings. The topological polar surface area (TPSA) is 66.7 Å². The molecule has 1 aromatic heterocycles. The lowest BCUT2D eigenvalue weighted by molar-refractivity contribution is 0.749. The second kappa shape index (κ2) is 5.33. The molecule has 1 fully saturated rings. The number of hydrogen-bond acceptors (Lipinski definition) is 4. The summed E-state index contributed by atoms with van der Waals surface area (Å²) in [5.41, 5.74) is 8.51. The summed E-state index contributed by atoms with van der Waals surface area (Å²) in [5, 5.41) is 4.33. The van der Waals surface area contributed by atoms with Crippen LogP contribution in [0.3, 0.4) is 0 Å². The Morgan fingerprint density at radius 1 is 1.47 bits per heavy atom. The number of nitrogens with two attached hydrogens (primary N) is 1. The number of nitrogens with one attached hydrogen (secondary N) is 2. The van der Waals surface area contributed by atoms with Crippen molar-refractivity contribution in [3.8, 4) is 0 Å². The van der Waals surface area contributed by atoms with Gasteiger partial charge in [-0.3, -0.25) is 0 Å². The van der Waals surface area contributed by atoms with Crippen LogP contribution in [0, 0.1) is 0 Å². The van der Waals surface area contributed by atoms with E-state index in [1.165, 1.54) is 25.0 Å². The van der Waals surface area contributed by atoms with Gasteiger partial charge in [-0.2, -0.15) is 11.8 Å². The number of rotatable bonds is 4. The zero-order chi connectivity index (χ0) is 13.2. The van der Waals surface area contributed by atoms with Gasteiger partial charge in [-0.15, -0.1) is 0 Å². The highest BCUT2D eigenvalue weighted by Gasteiger charge is 2.24. The summed E-state index contributed by atoms with van der Waals surface area (Å²) >= 11 is 2.07. The maximum atomic E-state index is 5.78. The molecule has 2 atom stereocenters. The van der Waals surface area contributed by atoms with E-state index in [0.29, 0.717) is 6.04 Å². The van der Waals surface area contributed by atoms with Crippen LogP contribution in [0.4, 0.5) is 11.6 Å². The van der Waals surface area contributed by atoms with Gasteiger partial charge in [0.2, 0.25) is 5.95 Å². The van der Waals surface area contributed by atoms with E-state index in [1.54, 1.807) is 0 Å². The molecule has 1 heterocycles. The summed E-state index contributed by atoms with van der Waals surface area (Å²) in [7, 11) is 0. The standard InChI is InChI=1S/C14H20N4S/c1-2-19-11-5-4-10(8-11)16-14-17-12-6-3-9(15)7-13(12)18-14/h3,6-7,10-11H,2,4-5,8,15H2,1H3,(H2,16,17,18). The molecule has 0 spiro atoms. The first-order chi connectivity index (χ1) is 9.24. The summed E-state index contributed by atoms with van der Waals surface area (Å²) in [6.45, 7) is 2.23. The van der Waals surface area contributed by atoms with Gasteiger partial charge >= 0.3 is 0 Å².